The van der Waals surface area contributed by atoms with Crippen molar-refractivity contribution in [2.45, 2.75) is 4.90 Å². The van der Waals surface area contributed by atoms with E-state index in [0.717, 1.165) is 22.9 Å². The minimum atomic E-state index is -1.18. The van der Waals surface area contributed by atoms with E-state index >= 15 is 0 Å². The molecule has 0 fully saturated rings. The molecule has 0 bridgehead atoms. The molecule has 0 aromatic heterocycles. The zero-order valence-electron chi connectivity index (χ0n) is 13.0. The topological polar surface area (TPSA) is 41.1 Å². The molecule has 1 amide bonds. The van der Waals surface area contributed by atoms with Gasteiger partial charge in [-0.05, 0) is 47.3 Å². The summed E-state index contributed by atoms with van der Waals surface area (Å²) in [4.78, 5) is 15.7. The van der Waals surface area contributed by atoms with Gasteiger partial charge in [0.15, 0.2) is 11.6 Å². The first-order valence-corrected chi connectivity index (χ1v) is 8.28. The van der Waals surface area contributed by atoms with Crippen LogP contribution in [0.2, 0.25) is 0 Å². The summed E-state index contributed by atoms with van der Waals surface area (Å²) in [7, 11) is 0. The largest absolute Gasteiger partial charge is 0.277 e. The number of carbonyl (C=O) groups excluding carboxylic acids is 1. The molecule has 3 aromatic rings. The summed E-state index contributed by atoms with van der Waals surface area (Å²) in [5, 5.41) is 0. The lowest BCUT2D eigenvalue weighted by Crippen LogP contribution is -2.33. The molecular formula is C19H14F2N2OS. The molecule has 126 valence electrons. The Labute approximate surface area is 148 Å². The average Bonchev–Trinajstić information content (AvgIpc) is 2.65. The first-order chi connectivity index (χ1) is 12.1. The van der Waals surface area contributed by atoms with Gasteiger partial charge in [0, 0.05) is 4.90 Å². The van der Waals surface area contributed by atoms with E-state index in [-0.39, 0.29) is 5.56 Å². The number of hydrogen-bond donors (Lipinski definition) is 2. The van der Waals surface area contributed by atoms with Gasteiger partial charge in [0.1, 0.15) is 0 Å². The molecule has 6 heteroatoms. The summed E-state index contributed by atoms with van der Waals surface area (Å²) >= 11 is 1.16. The van der Waals surface area contributed by atoms with E-state index in [1.54, 1.807) is 24.3 Å². The van der Waals surface area contributed by atoms with Gasteiger partial charge >= 0.3 is 0 Å². The zero-order chi connectivity index (χ0) is 17.6. The lowest BCUT2D eigenvalue weighted by atomic mass is 10.0. The molecule has 0 spiro atoms. The third-order valence-corrected chi connectivity index (χ3v) is 4.17. The smallest absolute Gasteiger partial charge is 0.269 e. The Morgan fingerprint density at radius 1 is 0.840 bits per heavy atom. The van der Waals surface area contributed by atoms with Crippen molar-refractivity contribution in [1.29, 1.82) is 0 Å². The Balaban J connectivity index is 1.76. The highest BCUT2D eigenvalue weighted by molar-refractivity contribution is 7.97. The fourth-order valence-corrected chi connectivity index (χ4v) is 2.79. The van der Waals surface area contributed by atoms with Crippen molar-refractivity contribution in [2.24, 2.45) is 0 Å². The van der Waals surface area contributed by atoms with Gasteiger partial charge in [-0.15, -0.1) is 0 Å². The van der Waals surface area contributed by atoms with Gasteiger partial charge in [-0.3, -0.25) is 10.2 Å². The lowest BCUT2D eigenvalue weighted by Gasteiger charge is -2.10. The molecule has 0 radical (unpaired) electrons. The Bertz CT molecular complexity index is 873. The summed E-state index contributed by atoms with van der Waals surface area (Å²) in [6.45, 7) is 0. The number of nitrogens with one attached hydrogen (secondary N) is 2. The Hall–Kier alpha value is -2.70. The van der Waals surface area contributed by atoms with Crippen LogP contribution >= 0.6 is 11.9 Å². The van der Waals surface area contributed by atoms with E-state index in [1.165, 1.54) is 6.07 Å². The summed E-state index contributed by atoms with van der Waals surface area (Å²) in [6.07, 6.45) is 0. The van der Waals surface area contributed by atoms with Crippen LogP contribution in [0.5, 0.6) is 0 Å². The van der Waals surface area contributed by atoms with Crippen LogP contribution in [-0.4, -0.2) is 5.91 Å². The summed E-state index contributed by atoms with van der Waals surface area (Å²) in [5.41, 5.74) is 3.13. The molecule has 3 nitrogen and oxygen atoms in total. The van der Waals surface area contributed by atoms with Gasteiger partial charge in [-0.1, -0.05) is 48.5 Å². The van der Waals surface area contributed by atoms with Crippen LogP contribution in [0.1, 0.15) is 10.4 Å². The van der Waals surface area contributed by atoms with Gasteiger partial charge in [0.25, 0.3) is 5.91 Å². The van der Waals surface area contributed by atoms with Crippen LogP contribution in [-0.2, 0) is 0 Å². The minimum Gasteiger partial charge on any atom is -0.277 e. The third-order valence-electron chi connectivity index (χ3n) is 3.46. The van der Waals surface area contributed by atoms with Crippen molar-refractivity contribution in [3.8, 4) is 11.1 Å². The van der Waals surface area contributed by atoms with Crippen molar-refractivity contribution in [1.82, 2.24) is 10.3 Å². The van der Waals surface area contributed by atoms with E-state index in [2.05, 4.69) is 10.3 Å². The highest BCUT2D eigenvalue weighted by Gasteiger charge is 2.17. The predicted molar refractivity (Wildman–Crippen MR) is 94.7 cm³/mol. The maximum absolute atomic E-state index is 14.0. The third kappa shape index (κ3) is 4.23. The first kappa shape index (κ1) is 17.1. The normalized spacial score (nSPS) is 10.5. The average molecular weight is 356 g/mol. The molecule has 0 atom stereocenters. The van der Waals surface area contributed by atoms with Gasteiger partial charge < -0.3 is 0 Å². The van der Waals surface area contributed by atoms with Gasteiger partial charge in [-0.25, -0.2) is 8.78 Å². The second-order valence-corrected chi connectivity index (χ2v) is 6.04. The van der Waals surface area contributed by atoms with E-state index in [4.69, 9.17) is 0 Å². The summed E-state index contributed by atoms with van der Waals surface area (Å²) in [5.74, 6) is -3.00. The lowest BCUT2D eigenvalue weighted by molar-refractivity contribution is 0.0942. The van der Waals surface area contributed by atoms with Crippen molar-refractivity contribution in [3.05, 3.63) is 90.0 Å². The van der Waals surface area contributed by atoms with Crippen molar-refractivity contribution >= 4 is 17.9 Å². The van der Waals surface area contributed by atoms with Crippen molar-refractivity contribution in [3.63, 3.8) is 0 Å². The molecule has 3 aromatic carbocycles. The van der Waals surface area contributed by atoms with Crippen molar-refractivity contribution in [2.75, 3.05) is 0 Å². The second kappa shape index (κ2) is 7.92. The van der Waals surface area contributed by atoms with E-state index < -0.39 is 17.5 Å². The Morgan fingerprint density at radius 3 is 2.16 bits per heavy atom. The monoisotopic (exact) mass is 356 g/mol. The SMILES string of the molecule is O=C(NNSc1ccccc1)c1cc(-c2ccccc2)cc(F)c1F. The summed E-state index contributed by atoms with van der Waals surface area (Å²) < 4.78 is 27.9. The maximum atomic E-state index is 14.0. The van der Waals surface area contributed by atoms with Crippen LogP contribution in [0.3, 0.4) is 0 Å². The Kier molecular flexibility index (Phi) is 5.42. The highest BCUT2D eigenvalue weighted by atomic mass is 32.2. The standard InChI is InChI=1S/C19H14F2N2OS/c20-17-12-14(13-7-3-1-4-8-13)11-16(18(17)21)19(24)22-23-25-15-9-5-2-6-10-15/h1-12,23H,(H,22,24). The Morgan fingerprint density at radius 2 is 1.48 bits per heavy atom. The number of amides is 1. The first-order valence-electron chi connectivity index (χ1n) is 7.47. The molecule has 0 aliphatic heterocycles. The highest BCUT2D eigenvalue weighted by Crippen LogP contribution is 2.24. The molecule has 3 rings (SSSR count). The molecule has 0 saturated carbocycles. The van der Waals surface area contributed by atoms with Crippen LogP contribution < -0.4 is 10.3 Å². The van der Waals surface area contributed by atoms with Crippen LogP contribution in [0, 0.1) is 11.6 Å². The molecule has 2 N–H and O–H groups in total. The summed E-state index contributed by atoms with van der Waals surface area (Å²) in [6, 6.07) is 20.6. The molecule has 25 heavy (non-hydrogen) atoms. The van der Waals surface area contributed by atoms with E-state index in [9.17, 15) is 13.6 Å². The molecular weight excluding hydrogens is 342 g/mol. The van der Waals surface area contributed by atoms with Crippen molar-refractivity contribution < 1.29 is 13.6 Å². The van der Waals surface area contributed by atoms with Gasteiger partial charge in [-0.2, -0.15) is 4.83 Å². The second-order valence-electron chi connectivity index (χ2n) is 5.16. The molecule has 0 heterocycles. The minimum absolute atomic E-state index is 0.361. The number of hydrazine groups is 1. The fraction of sp³-hybridized carbons (Fsp3) is 0. The molecule has 0 unspecified atom stereocenters. The molecule has 0 aliphatic carbocycles. The quantitative estimate of drug-likeness (QED) is 0.520. The van der Waals surface area contributed by atoms with Crippen LogP contribution in [0.4, 0.5) is 8.78 Å². The molecule has 0 saturated heterocycles. The number of halogens is 2. The van der Waals surface area contributed by atoms with Gasteiger partial charge in [0.2, 0.25) is 0 Å². The van der Waals surface area contributed by atoms with E-state index in [0.29, 0.717) is 11.1 Å². The number of benzene rings is 3. The van der Waals surface area contributed by atoms with Crippen LogP contribution in [0.15, 0.2) is 77.7 Å². The van der Waals surface area contributed by atoms with E-state index in [1.807, 2.05) is 36.4 Å². The maximum Gasteiger partial charge on any atom is 0.269 e. The van der Waals surface area contributed by atoms with Gasteiger partial charge in [0.05, 0.1) is 5.56 Å². The fourth-order valence-electron chi connectivity index (χ4n) is 2.24. The molecule has 0 aliphatic rings. The number of rotatable bonds is 5. The number of hydrogen-bond acceptors (Lipinski definition) is 3. The zero-order valence-corrected chi connectivity index (χ0v) is 13.8. The number of carbonyl (C=O) groups is 1. The van der Waals surface area contributed by atoms with Crippen LogP contribution in [0.25, 0.3) is 11.1 Å². The predicted octanol–water partition coefficient (Wildman–Crippen LogP) is 4.57.